The molecule has 0 bridgehead atoms. The van der Waals surface area contributed by atoms with Gasteiger partial charge in [0.05, 0.1) is 0 Å². The van der Waals surface area contributed by atoms with E-state index in [0.29, 0.717) is 19.3 Å². The number of rotatable bonds is 65. The van der Waals surface area contributed by atoms with Crippen LogP contribution in [0.2, 0.25) is 0 Å². The molecule has 0 amide bonds. The lowest BCUT2D eigenvalue weighted by Gasteiger charge is -2.18. The standard InChI is InChI=1S/C77H134O6/c1-4-7-10-13-16-19-22-25-27-29-30-31-32-33-34-35-36-37-38-39-40-41-42-43-44-45-46-48-49-52-55-58-61-64-67-70-76(79)82-73-74(72-81-75(78)69-66-63-60-57-54-51-24-21-18-15-12-9-6-3)83-77(80)71-68-65-62-59-56-53-50-47-28-26-23-20-17-14-11-8-5-2/h7,10,12,15-16,19,21,24-25,27,30-31,33-34,36-37,74H,4-6,8-9,11,13-14,17-18,20,22-23,26,28-29,32,35,38-73H2,1-3H3/b10-7-,15-12-,19-16-,24-21-,27-25-,31-30-,34-33-,37-36-. The van der Waals surface area contributed by atoms with Crippen molar-refractivity contribution < 1.29 is 28.6 Å². The van der Waals surface area contributed by atoms with Gasteiger partial charge in [0.1, 0.15) is 13.2 Å². The van der Waals surface area contributed by atoms with Crippen LogP contribution >= 0.6 is 0 Å². The van der Waals surface area contributed by atoms with E-state index in [0.717, 1.165) is 122 Å². The summed E-state index contributed by atoms with van der Waals surface area (Å²) in [6.45, 7) is 6.50. The summed E-state index contributed by atoms with van der Waals surface area (Å²) in [5, 5.41) is 0. The molecular weight excluding hydrogens is 1020 g/mol. The van der Waals surface area contributed by atoms with Crippen molar-refractivity contribution in [2.75, 3.05) is 13.2 Å². The van der Waals surface area contributed by atoms with Gasteiger partial charge in [-0.3, -0.25) is 14.4 Å². The summed E-state index contributed by atoms with van der Waals surface area (Å²) in [4.78, 5) is 38.4. The molecule has 6 nitrogen and oxygen atoms in total. The highest BCUT2D eigenvalue weighted by atomic mass is 16.6. The highest BCUT2D eigenvalue weighted by molar-refractivity contribution is 5.71. The molecule has 0 aromatic heterocycles. The first-order valence-electron chi connectivity index (χ1n) is 35.7. The van der Waals surface area contributed by atoms with Gasteiger partial charge < -0.3 is 14.2 Å². The summed E-state index contributed by atoms with van der Waals surface area (Å²) in [5.74, 6) is -0.872. The summed E-state index contributed by atoms with van der Waals surface area (Å²) >= 11 is 0. The zero-order valence-corrected chi connectivity index (χ0v) is 54.9. The van der Waals surface area contributed by atoms with Crippen molar-refractivity contribution in [3.8, 4) is 0 Å². The minimum atomic E-state index is -0.781. The van der Waals surface area contributed by atoms with E-state index in [1.807, 2.05) is 0 Å². The van der Waals surface area contributed by atoms with E-state index >= 15 is 0 Å². The molecule has 0 aromatic carbocycles. The smallest absolute Gasteiger partial charge is 0.306 e. The zero-order chi connectivity index (χ0) is 59.9. The molecule has 83 heavy (non-hydrogen) atoms. The van der Waals surface area contributed by atoms with Crippen LogP contribution in [0.3, 0.4) is 0 Å². The molecule has 0 aliphatic rings. The highest BCUT2D eigenvalue weighted by Crippen LogP contribution is 2.18. The van der Waals surface area contributed by atoms with Gasteiger partial charge in [-0.1, -0.05) is 336 Å². The summed E-state index contributed by atoms with van der Waals surface area (Å²) < 4.78 is 17.0. The Morgan fingerprint density at radius 3 is 0.783 bits per heavy atom. The maximum atomic E-state index is 12.9. The average Bonchev–Trinajstić information content (AvgIpc) is 3.49. The Kier molecular flexibility index (Phi) is 67.7. The third-order valence-electron chi connectivity index (χ3n) is 15.6. The maximum Gasteiger partial charge on any atom is 0.306 e. The lowest BCUT2D eigenvalue weighted by molar-refractivity contribution is -0.167. The second-order valence-corrected chi connectivity index (χ2v) is 23.8. The minimum Gasteiger partial charge on any atom is -0.462 e. The van der Waals surface area contributed by atoms with Crippen molar-refractivity contribution in [2.24, 2.45) is 0 Å². The number of hydrogen-bond acceptors (Lipinski definition) is 6. The Hall–Kier alpha value is -3.67. The fraction of sp³-hybridized carbons (Fsp3) is 0.753. The minimum absolute atomic E-state index is 0.0767. The Labute approximate surface area is 515 Å². The largest absolute Gasteiger partial charge is 0.462 e. The second kappa shape index (κ2) is 70.8. The molecule has 1 atom stereocenters. The van der Waals surface area contributed by atoms with E-state index in [-0.39, 0.29) is 31.1 Å². The molecular formula is C77H134O6. The maximum absolute atomic E-state index is 12.9. The van der Waals surface area contributed by atoms with E-state index in [1.54, 1.807) is 0 Å². The van der Waals surface area contributed by atoms with Crippen molar-refractivity contribution in [3.63, 3.8) is 0 Å². The van der Waals surface area contributed by atoms with Gasteiger partial charge in [-0.15, -0.1) is 0 Å². The van der Waals surface area contributed by atoms with Crippen molar-refractivity contribution in [1.82, 2.24) is 0 Å². The topological polar surface area (TPSA) is 78.9 Å². The molecule has 0 radical (unpaired) electrons. The molecule has 1 unspecified atom stereocenters. The number of allylic oxidation sites excluding steroid dienone is 16. The summed E-state index contributed by atoms with van der Waals surface area (Å²) in [7, 11) is 0. The quantitative estimate of drug-likeness (QED) is 0.0261. The van der Waals surface area contributed by atoms with Crippen LogP contribution in [0.5, 0.6) is 0 Å². The molecule has 0 rings (SSSR count). The summed E-state index contributed by atoms with van der Waals surface area (Å²) in [6.07, 6.45) is 95.9. The molecule has 0 saturated carbocycles. The highest BCUT2D eigenvalue weighted by Gasteiger charge is 2.19. The summed E-state index contributed by atoms with van der Waals surface area (Å²) in [5.41, 5.74) is 0. The van der Waals surface area contributed by atoms with Gasteiger partial charge >= 0.3 is 17.9 Å². The van der Waals surface area contributed by atoms with Crippen LogP contribution in [-0.4, -0.2) is 37.2 Å². The van der Waals surface area contributed by atoms with Gasteiger partial charge in [0, 0.05) is 19.3 Å². The molecule has 0 heterocycles. The van der Waals surface area contributed by atoms with Crippen LogP contribution < -0.4 is 0 Å². The first-order valence-corrected chi connectivity index (χ1v) is 35.7. The Morgan fingerprint density at radius 2 is 0.494 bits per heavy atom. The number of ether oxygens (including phenoxy) is 3. The number of unbranched alkanes of at least 4 members (excludes halogenated alkanes) is 38. The Morgan fingerprint density at radius 1 is 0.253 bits per heavy atom. The number of hydrogen-bond donors (Lipinski definition) is 0. The third kappa shape index (κ3) is 69.0. The molecule has 0 N–H and O–H groups in total. The fourth-order valence-corrected chi connectivity index (χ4v) is 10.3. The van der Waals surface area contributed by atoms with Gasteiger partial charge in [-0.05, 0) is 96.3 Å². The first kappa shape index (κ1) is 79.3. The number of carbonyl (C=O) groups excluding carboxylic acids is 3. The van der Waals surface area contributed by atoms with E-state index < -0.39 is 6.10 Å². The average molecular weight is 1160 g/mol. The molecule has 0 saturated heterocycles. The van der Waals surface area contributed by atoms with E-state index in [4.69, 9.17) is 14.2 Å². The Bertz CT molecular complexity index is 1610. The van der Waals surface area contributed by atoms with Crippen LogP contribution in [0.4, 0.5) is 0 Å². The van der Waals surface area contributed by atoms with Gasteiger partial charge in [0.15, 0.2) is 6.10 Å². The Balaban J connectivity index is 4.15. The van der Waals surface area contributed by atoms with Crippen LogP contribution in [0.15, 0.2) is 97.2 Å². The van der Waals surface area contributed by atoms with Crippen LogP contribution in [0.1, 0.15) is 355 Å². The number of esters is 3. The predicted molar refractivity (Wildman–Crippen MR) is 362 cm³/mol. The van der Waals surface area contributed by atoms with Gasteiger partial charge in [-0.25, -0.2) is 0 Å². The molecule has 6 heteroatoms. The molecule has 0 spiro atoms. The SMILES string of the molecule is CC/C=C\C/C=C\C/C=C\C/C=C\C/C=C\C/C=C\CCCCCCCCCCCCCCCCCCC(=O)OCC(COC(=O)CCCCCCC/C=C\C/C=C\CCC)OC(=O)CCCCCCCCCCCCCCCCCCC. The van der Waals surface area contributed by atoms with Crippen molar-refractivity contribution in [1.29, 1.82) is 0 Å². The van der Waals surface area contributed by atoms with Crippen LogP contribution in [0, 0.1) is 0 Å². The summed E-state index contributed by atoms with van der Waals surface area (Å²) in [6, 6.07) is 0. The van der Waals surface area contributed by atoms with Crippen molar-refractivity contribution in [2.45, 2.75) is 361 Å². The van der Waals surface area contributed by atoms with Crippen LogP contribution in [-0.2, 0) is 28.6 Å². The molecule has 0 aromatic rings. The lowest BCUT2D eigenvalue weighted by atomic mass is 10.0. The molecule has 0 aliphatic carbocycles. The van der Waals surface area contributed by atoms with Crippen molar-refractivity contribution >= 4 is 17.9 Å². The van der Waals surface area contributed by atoms with E-state index in [1.165, 1.54) is 193 Å². The normalized spacial score (nSPS) is 12.7. The molecule has 0 aliphatic heterocycles. The third-order valence-corrected chi connectivity index (χ3v) is 15.6. The second-order valence-electron chi connectivity index (χ2n) is 23.8. The first-order chi connectivity index (χ1) is 41.0. The molecule has 0 fully saturated rings. The van der Waals surface area contributed by atoms with Gasteiger partial charge in [-0.2, -0.15) is 0 Å². The van der Waals surface area contributed by atoms with E-state index in [2.05, 4.69) is 118 Å². The lowest BCUT2D eigenvalue weighted by Crippen LogP contribution is -2.30. The predicted octanol–water partition coefficient (Wildman–Crippen LogP) is 24.8. The zero-order valence-electron chi connectivity index (χ0n) is 54.9. The van der Waals surface area contributed by atoms with Gasteiger partial charge in [0.25, 0.3) is 0 Å². The molecule has 478 valence electrons. The van der Waals surface area contributed by atoms with E-state index in [9.17, 15) is 14.4 Å². The van der Waals surface area contributed by atoms with Gasteiger partial charge in [0.2, 0.25) is 0 Å². The van der Waals surface area contributed by atoms with Crippen LogP contribution in [0.25, 0.3) is 0 Å². The number of carbonyl (C=O) groups is 3. The fourth-order valence-electron chi connectivity index (χ4n) is 10.3. The monoisotopic (exact) mass is 1160 g/mol. The van der Waals surface area contributed by atoms with Crippen molar-refractivity contribution in [3.05, 3.63) is 97.2 Å².